The van der Waals surface area contributed by atoms with Gasteiger partial charge in [-0.2, -0.15) is 0 Å². The number of rotatable bonds is 7. The third kappa shape index (κ3) is 6.02. The van der Waals surface area contributed by atoms with Crippen LogP contribution in [-0.2, 0) is 6.61 Å². The van der Waals surface area contributed by atoms with Crippen molar-refractivity contribution in [2.45, 2.75) is 44.4 Å². The summed E-state index contributed by atoms with van der Waals surface area (Å²) in [4.78, 5) is 21.0. The van der Waals surface area contributed by atoms with Crippen LogP contribution in [-0.4, -0.2) is 33.1 Å². The molecule has 0 unspecified atom stereocenters. The van der Waals surface area contributed by atoms with Crippen LogP contribution >= 0.6 is 0 Å². The number of aliphatic hydroxyl groups is 1. The molecule has 2 aromatic carbocycles. The topological polar surface area (TPSA) is 96.4 Å². The Morgan fingerprint density at radius 3 is 2.61 bits per heavy atom. The molecule has 0 aliphatic heterocycles. The van der Waals surface area contributed by atoms with Crippen LogP contribution in [0.5, 0.6) is 5.75 Å². The van der Waals surface area contributed by atoms with E-state index in [-0.39, 0.29) is 23.7 Å². The minimum Gasteiger partial charge on any atom is -0.489 e. The SMILES string of the molecule is O=C(Nc1cccc(OCc2ccccc2)c1)c1cc(NC2CCC(O)CC2)ncn1. The lowest BCUT2D eigenvalue weighted by Crippen LogP contribution is -2.28. The Labute approximate surface area is 181 Å². The largest absolute Gasteiger partial charge is 0.489 e. The minimum atomic E-state index is -0.315. The maximum atomic E-state index is 12.7. The number of hydrogen-bond donors (Lipinski definition) is 3. The van der Waals surface area contributed by atoms with Gasteiger partial charge in [0.1, 0.15) is 30.2 Å². The molecule has 1 aliphatic rings. The van der Waals surface area contributed by atoms with Crippen LogP contribution in [0.25, 0.3) is 0 Å². The lowest BCUT2D eigenvalue weighted by molar-refractivity contribution is 0.102. The highest BCUT2D eigenvalue weighted by Gasteiger charge is 2.20. The number of aromatic nitrogens is 2. The molecular weight excluding hydrogens is 392 g/mol. The second kappa shape index (κ2) is 10.0. The quantitative estimate of drug-likeness (QED) is 0.536. The molecule has 0 bridgehead atoms. The van der Waals surface area contributed by atoms with Gasteiger partial charge in [-0.25, -0.2) is 9.97 Å². The molecule has 0 saturated heterocycles. The molecule has 1 aromatic heterocycles. The average molecular weight is 418 g/mol. The van der Waals surface area contributed by atoms with Crippen LogP contribution in [0.4, 0.5) is 11.5 Å². The fraction of sp³-hybridized carbons (Fsp3) is 0.292. The maximum Gasteiger partial charge on any atom is 0.274 e. The number of nitrogens with one attached hydrogen (secondary N) is 2. The highest BCUT2D eigenvalue weighted by Crippen LogP contribution is 2.22. The fourth-order valence-corrected chi connectivity index (χ4v) is 3.59. The molecule has 0 atom stereocenters. The second-order valence-electron chi connectivity index (χ2n) is 7.69. The Kier molecular flexibility index (Phi) is 6.74. The highest BCUT2D eigenvalue weighted by atomic mass is 16.5. The van der Waals surface area contributed by atoms with Crippen molar-refractivity contribution in [1.82, 2.24) is 9.97 Å². The van der Waals surface area contributed by atoms with Crippen molar-refractivity contribution in [3.63, 3.8) is 0 Å². The van der Waals surface area contributed by atoms with Crippen LogP contribution in [0, 0.1) is 0 Å². The van der Waals surface area contributed by atoms with Crippen molar-refractivity contribution in [3.05, 3.63) is 78.2 Å². The number of nitrogens with zero attached hydrogens (tertiary/aromatic N) is 2. The molecule has 160 valence electrons. The van der Waals surface area contributed by atoms with Crippen molar-refractivity contribution in [2.24, 2.45) is 0 Å². The molecule has 1 heterocycles. The first-order valence-corrected chi connectivity index (χ1v) is 10.5. The lowest BCUT2D eigenvalue weighted by Gasteiger charge is -2.26. The third-order valence-electron chi connectivity index (χ3n) is 5.29. The summed E-state index contributed by atoms with van der Waals surface area (Å²) in [5, 5.41) is 15.8. The van der Waals surface area contributed by atoms with E-state index >= 15 is 0 Å². The minimum absolute atomic E-state index is 0.211. The Bertz CT molecular complexity index is 1000. The molecule has 1 amide bonds. The molecule has 1 aliphatic carbocycles. The smallest absolute Gasteiger partial charge is 0.274 e. The predicted molar refractivity (Wildman–Crippen MR) is 119 cm³/mol. The summed E-state index contributed by atoms with van der Waals surface area (Å²) < 4.78 is 5.83. The first-order valence-electron chi connectivity index (χ1n) is 10.5. The average Bonchev–Trinajstić information content (AvgIpc) is 2.80. The zero-order chi connectivity index (χ0) is 21.5. The number of amides is 1. The fourth-order valence-electron chi connectivity index (χ4n) is 3.59. The van der Waals surface area contributed by atoms with E-state index in [1.807, 2.05) is 42.5 Å². The van der Waals surface area contributed by atoms with Crippen LogP contribution in [0.15, 0.2) is 67.0 Å². The molecule has 0 radical (unpaired) electrons. The standard InChI is InChI=1S/C24H26N4O3/c29-20-11-9-18(10-12-20)27-23-14-22(25-16-26-23)24(30)28-19-7-4-8-21(13-19)31-15-17-5-2-1-3-6-17/h1-8,13-14,16,18,20,29H,9-12,15H2,(H,28,30)(H,25,26,27). The van der Waals surface area contributed by atoms with Gasteiger partial charge in [0.25, 0.3) is 5.91 Å². The van der Waals surface area contributed by atoms with Gasteiger partial charge in [0, 0.05) is 23.9 Å². The van der Waals surface area contributed by atoms with Crippen molar-refractivity contribution >= 4 is 17.4 Å². The third-order valence-corrected chi connectivity index (χ3v) is 5.29. The molecule has 7 nitrogen and oxygen atoms in total. The molecule has 1 fully saturated rings. The monoisotopic (exact) mass is 418 g/mol. The van der Waals surface area contributed by atoms with Gasteiger partial charge in [-0.1, -0.05) is 36.4 Å². The van der Waals surface area contributed by atoms with E-state index in [1.165, 1.54) is 6.33 Å². The molecule has 1 saturated carbocycles. The van der Waals surface area contributed by atoms with Crippen molar-refractivity contribution in [1.29, 1.82) is 0 Å². The van der Waals surface area contributed by atoms with Crippen LogP contribution in [0.3, 0.4) is 0 Å². The number of benzene rings is 2. The number of carbonyl (C=O) groups is 1. The Hall–Kier alpha value is -3.45. The summed E-state index contributed by atoms with van der Waals surface area (Å²) in [5.41, 5.74) is 1.99. The highest BCUT2D eigenvalue weighted by molar-refractivity contribution is 6.03. The van der Waals surface area contributed by atoms with E-state index in [4.69, 9.17) is 4.74 Å². The Morgan fingerprint density at radius 1 is 1.00 bits per heavy atom. The van der Waals surface area contributed by atoms with Gasteiger partial charge in [0.15, 0.2) is 0 Å². The van der Waals surface area contributed by atoms with Gasteiger partial charge in [-0.3, -0.25) is 4.79 Å². The summed E-state index contributed by atoms with van der Waals surface area (Å²) in [7, 11) is 0. The van der Waals surface area contributed by atoms with E-state index in [2.05, 4.69) is 20.6 Å². The molecule has 3 N–H and O–H groups in total. The Morgan fingerprint density at radius 2 is 1.81 bits per heavy atom. The molecule has 31 heavy (non-hydrogen) atoms. The van der Waals surface area contributed by atoms with Crippen molar-refractivity contribution in [2.75, 3.05) is 10.6 Å². The number of ether oxygens (including phenoxy) is 1. The number of aliphatic hydroxyl groups excluding tert-OH is 1. The maximum absolute atomic E-state index is 12.7. The Balaban J connectivity index is 1.35. The summed E-state index contributed by atoms with van der Waals surface area (Å²) in [6.45, 7) is 0.456. The molecule has 3 aromatic rings. The van der Waals surface area contributed by atoms with E-state index in [0.29, 0.717) is 23.9 Å². The zero-order valence-corrected chi connectivity index (χ0v) is 17.2. The first kappa shape index (κ1) is 20.8. The zero-order valence-electron chi connectivity index (χ0n) is 17.2. The van der Waals surface area contributed by atoms with E-state index < -0.39 is 0 Å². The molecule has 4 rings (SSSR count). The van der Waals surface area contributed by atoms with E-state index in [9.17, 15) is 9.90 Å². The van der Waals surface area contributed by atoms with Crippen LogP contribution < -0.4 is 15.4 Å². The van der Waals surface area contributed by atoms with Gasteiger partial charge < -0.3 is 20.5 Å². The van der Waals surface area contributed by atoms with Crippen molar-refractivity contribution < 1.29 is 14.6 Å². The summed E-state index contributed by atoms with van der Waals surface area (Å²) in [6, 6.07) is 19.1. The molecular formula is C24H26N4O3. The lowest BCUT2D eigenvalue weighted by atomic mass is 9.93. The van der Waals surface area contributed by atoms with Crippen LogP contribution in [0.2, 0.25) is 0 Å². The summed E-state index contributed by atoms with van der Waals surface area (Å²) in [6.07, 6.45) is 4.48. The predicted octanol–water partition coefficient (Wildman–Crippen LogP) is 4.02. The van der Waals surface area contributed by atoms with E-state index in [1.54, 1.807) is 18.2 Å². The van der Waals surface area contributed by atoms with Gasteiger partial charge in [0.2, 0.25) is 0 Å². The molecule has 7 heteroatoms. The number of hydrogen-bond acceptors (Lipinski definition) is 6. The first-order chi connectivity index (χ1) is 15.2. The second-order valence-corrected chi connectivity index (χ2v) is 7.69. The molecule has 0 spiro atoms. The van der Waals surface area contributed by atoms with Gasteiger partial charge in [-0.15, -0.1) is 0 Å². The van der Waals surface area contributed by atoms with Gasteiger partial charge >= 0.3 is 0 Å². The normalized spacial score (nSPS) is 18.2. The van der Waals surface area contributed by atoms with Crippen LogP contribution in [0.1, 0.15) is 41.7 Å². The van der Waals surface area contributed by atoms with Gasteiger partial charge in [-0.05, 0) is 43.4 Å². The van der Waals surface area contributed by atoms with Crippen molar-refractivity contribution in [3.8, 4) is 5.75 Å². The summed E-state index contributed by atoms with van der Waals surface area (Å²) in [5.74, 6) is 0.970. The number of anilines is 2. The van der Waals surface area contributed by atoms with Gasteiger partial charge in [0.05, 0.1) is 6.10 Å². The van der Waals surface area contributed by atoms with E-state index in [0.717, 1.165) is 31.2 Å². The summed E-state index contributed by atoms with van der Waals surface area (Å²) >= 11 is 0. The number of carbonyl (C=O) groups excluding carboxylic acids is 1.